The van der Waals surface area contributed by atoms with Crippen molar-refractivity contribution in [3.8, 4) is 11.8 Å². The normalized spacial score (nSPS) is 21.9. The lowest BCUT2D eigenvalue weighted by atomic mass is 9.75. The van der Waals surface area contributed by atoms with Gasteiger partial charge < -0.3 is 25.0 Å². The van der Waals surface area contributed by atoms with E-state index < -0.39 is 23.4 Å². The molecule has 2 atom stereocenters. The van der Waals surface area contributed by atoms with E-state index in [2.05, 4.69) is 27.0 Å². The maximum absolute atomic E-state index is 14.0. The number of rotatable bonds is 7. The molecule has 4 aliphatic rings. The summed E-state index contributed by atoms with van der Waals surface area (Å²) in [4.78, 5) is 41.6. The Morgan fingerprint density at radius 2 is 2.02 bits per heavy atom. The van der Waals surface area contributed by atoms with Crippen LogP contribution in [0.5, 0.6) is 0 Å². The van der Waals surface area contributed by atoms with E-state index in [-0.39, 0.29) is 22.7 Å². The lowest BCUT2D eigenvalue weighted by molar-refractivity contribution is -0.136. The molecule has 1 saturated carbocycles. The Morgan fingerprint density at radius 3 is 2.71 bits per heavy atom. The third-order valence-electron chi connectivity index (χ3n) is 9.42. The molecule has 248 valence electrons. The summed E-state index contributed by atoms with van der Waals surface area (Å²) in [6, 6.07) is 10.8. The number of thiazole rings is 1. The number of halogens is 2. The van der Waals surface area contributed by atoms with E-state index in [1.54, 1.807) is 11.1 Å². The van der Waals surface area contributed by atoms with Gasteiger partial charge in [0.05, 0.1) is 30.9 Å². The standard InChI is InChI=1S/C35H34ClFN6O4S/c1-47-33(44)29-28(39-31(32-38-13-17-48-32)40-30(29)26-10-9-24(37)18-27(26)36)21-41-15-16-43-25(19-41)20-42(34(43)45)14-2-4-22-5-7-23(8-6-22)35(46)11-3-12-35/h5-10,13,17-18,25,30,46H,3,11-12,14-16,19-21H2,1H3,(H,39,40). The average Bonchev–Trinajstić information content (AvgIpc) is 3.72. The monoisotopic (exact) mass is 688 g/mol. The molecule has 13 heteroatoms. The fourth-order valence-corrected chi connectivity index (χ4v) is 7.57. The van der Waals surface area contributed by atoms with Crippen LogP contribution in [0.15, 0.2) is 70.3 Å². The van der Waals surface area contributed by atoms with Crippen molar-refractivity contribution in [1.29, 1.82) is 0 Å². The number of amidine groups is 1. The fraction of sp³-hybridized carbons (Fsp3) is 0.371. The van der Waals surface area contributed by atoms with Crippen LogP contribution in [0, 0.1) is 17.7 Å². The van der Waals surface area contributed by atoms with Crippen LogP contribution in [0.25, 0.3) is 0 Å². The number of carbonyl (C=O) groups is 2. The summed E-state index contributed by atoms with van der Waals surface area (Å²) in [5, 5.41) is 16.5. The minimum absolute atomic E-state index is 0.0361. The van der Waals surface area contributed by atoms with Gasteiger partial charge in [-0.2, -0.15) is 0 Å². The first-order valence-electron chi connectivity index (χ1n) is 15.8. The van der Waals surface area contributed by atoms with Crippen molar-refractivity contribution in [3.63, 3.8) is 0 Å². The minimum atomic E-state index is -0.844. The van der Waals surface area contributed by atoms with Crippen LogP contribution in [0.1, 0.15) is 47.0 Å². The molecule has 7 rings (SSSR count). The maximum atomic E-state index is 14.0. The van der Waals surface area contributed by atoms with Crippen LogP contribution in [0.4, 0.5) is 9.18 Å². The van der Waals surface area contributed by atoms with Gasteiger partial charge in [0.2, 0.25) is 0 Å². The van der Waals surface area contributed by atoms with E-state index in [9.17, 15) is 19.1 Å². The number of fused-ring (bicyclic) bond motifs is 1. The van der Waals surface area contributed by atoms with E-state index in [1.807, 2.05) is 34.5 Å². The van der Waals surface area contributed by atoms with Crippen molar-refractivity contribution >= 4 is 40.8 Å². The summed E-state index contributed by atoms with van der Waals surface area (Å²) < 4.78 is 19.2. The number of amides is 2. The highest BCUT2D eigenvalue weighted by Crippen LogP contribution is 2.41. The Labute approximate surface area is 286 Å². The van der Waals surface area contributed by atoms with Crippen molar-refractivity contribution in [2.75, 3.05) is 46.4 Å². The molecular formula is C35H34ClFN6O4S. The summed E-state index contributed by atoms with van der Waals surface area (Å²) in [6.45, 7) is 2.90. The highest BCUT2D eigenvalue weighted by Gasteiger charge is 2.41. The summed E-state index contributed by atoms with van der Waals surface area (Å²) >= 11 is 7.89. The first-order chi connectivity index (χ1) is 23.2. The van der Waals surface area contributed by atoms with Gasteiger partial charge in [-0.3, -0.25) is 9.89 Å². The van der Waals surface area contributed by atoms with E-state index >= 15 is 0 Å². The number of aliphatic hydroxyl groups is 1. The number of esters is 1. The fourth-order valence-electron chi connectivity index (χ4n) is 6.71. The zero-order chi connectivity index (χ0) is 33.4. The Hall–Kier alpha value is -4.28. The molecule has 1 aliphatic carbocycles. The summed E-state index contributed by atoms with van der Waals surface area (Å²) in [5.41, 5.74) is 2.40. The SMILES string of the molecule is COC(=O)C1=C(CN2CCN3C(=O)N(CC#Cc4ccc(C5(O)CCC5)cc4)CC3C2)NC(c2nccs2)=NC1c1ccc(F)cc1Cl. The number of aromatic nitrogens is 1. The zero-order valence-electron chi connectivity index (χ0n) is 26.3. The topological polar surface area (TPSA) is 111 Å². The molecule has 4 heterocycles. The van der Waals surface area contributed by atoms with E-state index in [0.29, 0.717) is 61.4 Å². The number of aliphatic imine (C=N–C) groups is 1. The zero-order valence-corrected chi connectivity index (χ0v) is 27.9. The van der Waals surface area contributed by atoms with Crippen LogP contribution in [0.3, 0.4) is 0 Å². The number of ether oxygens (including phenoxy) is 1. The molecule has 1 aromatic heterocycles. The minimum Gasteiger partial charge on any atom is -0.466 e. The molecule has 3 aromatic rings. The van der Waals surface area contributed by atoms with Gasteiger partial charge in [0.15, 0.2) is 10.8 Å². The Kier molecular flexibility index (Phi) is 8.96. The predicted molar refractivity (Wildman–Crippen MR) is 180 cm³/mol. The number of methoxy groups -OCH3 is 1. The van der Waals surface area contributed by atoms with Gasteiger partial charge in [-0.1, -0.05) is 41.6 Å². The number of hydrogen-bond acceptors (Lipinski definition) is 9. The Morgan fingerprint density at radius 1 is 1.21 bits per heavy atom. The molecule has 2 unspecified atom stereocenters. The molecule has 2 amide bonds. The average molecular weight is 689 g/mol. The third kappa shape index (κ3) is 6.31. The Bertz CT molecular complexity index is 1850. The van der Waals surface area contributed by atoms with Gasteiger partial charge in [0, 0.05) is 66.1 Å². The second-order valence-corrected chi connectivity index (χ2v) is 13.7. The molecule has 0 spiro atoms. The van der Waals surface area contributed by atoms with E-state index in [1.165, 1.54) is 36.6 Å². The van der Waals surface area contributed by atoms with Crippen LogP contribution in [-0.4, -0.2) is 95.0 Å². The largest absolute Gasteiger partial charge is 0.466 e. The summed E-state index contributed by atoms with van der Waals surface area (Å²) in [5.74, 6) is 5.72. The first-order valence-corrected chi connectivity index (χ1v) is 17.1. The van der Waals surface area contributed by atoms with Crippen molar-refractivity contribution in [2.45, 2.75) is 36.9 Å². The Balaban J connectivity index is 1.07. The van der Waals surface area contributed by atoms with Crippen LogP contribution in [-0.2, 0) is 15.1 Å². The molecule has 2 N–H and O–H groups in total. The summed E-state index contributed by atoms with van der Waals surface area (Å²) in [7, 11) is 1.31. The number of nitrogens with zero attached hydrogens (tertiary/aromatic N) is 5. The lowest BCUT2D eigenvalue weighted by Gasteiger charge is -2.38. The van der Waals surface area contributed by atoms with Crippen molar-refractivity contribution in [3.05, 3.63) is 97.8 Å². The number of piperazine rings is 1. The molecule has 0 bridgehead atoms. The van der Waals surface area contributed by atoms with E-state index in [4.69, 9.17) is 21.3 Å². The number of carbonyl (C=O) groups excluding carboxylic acids is 2. The molecule has 3 aliphatic heterocycles. The van der Waals surface area contributed by atoms with Crippen LogP contribution >= 0.6 is 22.9 Å². The third-order valence-corrected chi connectivity index (χ3v) is 10.5. The number of nitrogens with one attached hydrogen (secondary N) is 1. The van der Waals surface area contributed by atoms with Gasteiger partial charge >= 0.3 is 12.0 Å². The summed E-state index contributed by atoms with van der Waals surface area (Å²) in [6.07, 6.45) is 4.29. The van der Waals surface area contributed by atoms with Crippen molar-refractivity contribution in [1.82, 2.24) is 25.0 Å². The lowest BCUT2D eigenvalue weighted by Crippen LogP contribution is -2.53. The molecule has 3 fully saturated rings. The number of benzene rings is 2. The maximum Gasteiger partial charge on any atom is 0.338 e. The second kappa shape index (κ2) is 13.3. The van der Waals surface area contributed by atoms with Gasteiger partial charge in [-0.05, 0) is 49.1 Å². The van der Waals surface area contributed by atoms with Gasteiger partial charge in [0.25, 0.3) is 0 Å². The molecule has 48 heavy (non-hydrogen) atoms. The first kappa shape index (κ1) is 32.3. The van der Waals surface area contributed by atoms with Crippen LogP contribution in [0.2, 0.25) is 5.02 Å². The van der Waals surface area contributed by atoms with E-state index in [0.717, 1.165) is 30.4 Å². The molecule has 2 aromatic carbocycles. The number of hydrogen-bond donors (Lipinski definition) is 2. The van der Waals surface area contributed by atoms with Crippen molar-refractivity contribution in [2.24, 2.45) is 4.99 Å². The quantitative estimate of drug-likeness (QED) is 0.282. The van der Waals surface area contributed by atoms with Crippen LogP contribution < -0.4 is 5.32 Å². The highest BCUT2D eigenvalue weighted by molar-refractivity contribution is 7.11. The predicted octanol–water partition coefficient (Wildman–Crippen LogP) is 4.30. The van der Waals surface area contributed by atoms with Gasteiger partial charge in [0.1, 0.15) is 11.9 Å². The van der Waals surface area contributed by atoms with Gasteiger partial charge in [-0.25, -0.2) is 19.0 Å². The molecule has 10 nitrogen and oxygen atoms in total. The second-order valence-electron chi connectivity index (χ2n) is 12.4. The molecule has 2 saturated heterocycles. The molecule has 0 radical (unpaired) electrons. The van der Waals surface area contributed by atoms with Gasteiger partial charge in [-0.15, -0.1) is 11.3 Å². The number of urea groups is 1. The smallest absolute Gasteiger partial charge is 0.338 e. The van der Waals surface area contributed by atoms with Crippen molar-refractivity contribution < 1.29 is 23.8 Å². The molecular weight excluding hydrogens is 655 g/mol. The highest BCUT2D eigenvalue weighted by atomic mass is 35.5.